The second-order valence-corrected chi connectivity index (χ2v) is 6.09. The number of benzene rings is 1. The summed E-state index contributed by atoms with van der Waals surface area (Å²) < 4.78 is 14.1. The fourth-order valence-corrected chi connectivity index (χ4v) is 3.40. The number of aliphatic hydroxyl groups excluding tert-OH is 1. The lowest BCUT2D eigenvalue weighted by atomic mass is 9.65. The summed E-state index contributed by atoms with van der Waals surface area (Å²) in [6.45, 7) is 2.09. The van der Waals surface area contributed by atoms with Crippen molar-refractivity contribution in [2.45, 2.75) is 45.1 Å². The number of hydrogen-bond acceptors (Lipinski definition) is 2. The summed E-state index contributed by atoms with van der Waals surface area (Å²) in [4.78, 5) is 0. The maximum atomic E-state index is 14.1. The predicted octanol–water partition coefficient (Wildman–Crippen LogP) is 4.62. The van der Waals surface area contributed by atoms with Gasteiger partial charge >= 0.3 is 0 Å². The van der Waals surface area contributed by atoms with Crippen LogP contribution in [0.5, 0.6) is 0 Å². The number of halogens is 2. The van der Waals surface area contributed by atoms with E-state index in [9.17, 15) is 14.8 Å². The summed E-state index contributed by atoms with van der Waals surface area (Å²) in [6.07, 6.45) is 3.05. The van der Waals surface area contributed by atoms with Crippen molar-refractivity contribution in [1.82, 2.24) is 0 Å². The van der Waals surface area contributed by atoms with Crippen LogP contribution in [0, 0.1) is 28.5 Å². The van der Waals surface area contributed by atoms with Gasteiger partial charge < -0.3 is 5.11 Å². The van der Waals surface area contributed by atoms with Gasteiger partial charge in [-0.2, -0.15) is 5.26 Å². The van der Waals surface area contributed by atoms with E-state index in [4.69, 9.17) is 11.6 Å². The summed E-state index contributed by atoms with van der Waals surface area (Å²) in [5.41, 5.74) is -0.763. The van der Waals surface area contributed by atoms with Crippen molar-refractivity contribution in [2.24, 2.45) is 11.3 Å². The Kier molecular flexibility index (Phi) is 4.67. The van der Waals surface area contributed by atoms with Gasteiger partial charge in [0.15, 0.2) is 0 Å². The molecule has 1 aliphatic carbocycles. The second kappa shape index (κ2) is 6.11. The summed E-state index contributed by atoms with van der Waals surface area (Å²) in [6, 6.07) is 6.83. The molecule has 2 nitrogen and oxygen atoms in total. The van der Waals surface area contributed by atoms with Crippen LogP contribution in [0.15, 0.2) is 18.2 Å². The quantitative estimate of drug-likeness (QED) is 0.884. The smallest absolute Gasteiger partial charge is 0.147 e. The first-order chi connectivity index (χ1) is 9.54. The normalized spacial score (nSPS) is 27.9. The van der Waals surface area contributed by atoms with E-state index in [1.54, 1.807) is 6.07 Å². The van der Waals surface area contributed by atoms with Crippen molar-refractivity contribution in [3.05, 3.63) is 34.6 Å². The van der Waals surface area contributed by atoms with Gasteiger partial charge in [-0.3, -0.25) is 0 Å². The Hall–Kier alpha value is -1.11. The summed E-state index contributed by atoms with van der Waals surface area (Å²) >= 11 is 5.77. The average molecular weight is 296 g/mol. The highest BCUT2D eigenvalue weighted by Crippen LogP contribution is 2.49. The molecule has 1 fully saturated rings. The Labute approximate surface area is 124 Å². The van der Waals surface area contributed by atoms with E-state index in [1.165, 1.54) is 12.1 Å². The molecular weight excluding hydrogens is 277 g/mol. The molecule has 2 rings (SSSR count). The number of rotatable bonds is 3. The highest BCUT2D eigenvalue weighted by molar-refractivity contribution is 6.30. The van der Waals surface area contributed by atoms with Crippen LogP contribution in [-0.2, 0) is 0 Å². The topological polar surface area (TPSA) is 44.0 Å². The first kappa shape index (κ1) is 15.3. The minimum atomic E-state index is -1.12. The van der Waals surface area contributed by atoms with E-state index >= 15 is 0 Å². The van der Waals surface area contributed by atoms with Crippen LogP contribution in [0.3, 0.4) is 0 Å². The van der Waals surface area contributed by atoms with Crippen molar-refractivity contribution in [1.29, 1.82) is 5.26 Å². The Morgan fingerprint density at radius 2 is 2.35 bits per heavy atom. The summed E-state index contributed by atoms with van der Waals surface area (Å²) in [5.74, 6) is -0.199. The van der Waals surface area contributed by atoms with Gasteiger partial charge in [-0.25, -0.2) is 4.39 Å². The van der Waals surface area contributed by atoms with E-state index in [1.807, 2.05) is 0 Å². The van der Waals surface area contributed by atoms with Gasteiger partial charge in [0.2, 0.25) is 0 Å². The van der Waals surface area contributed by atoms with Crippen LogP contribution < -0.4 is 0 Å². The third-order valence-corrected chi connectivity index (χ3v) is 4.78. The molecule has 3 atom stereocenters. The monoisotopic (exact) mass is 295 g/mol. The lowest BCUT2D eigenvalue weighted by Crippen LogP contribution is -2.34. The van der Waals surface area contributed by atoms with Gasteiger partial charge in [0.05, 0.1) is 16.5 Å². The number of nitriles is 1. The Morgan fingerprint density at radius 3 is 3.00 bits per heavy atom. The molecule has 0 aromatic heterocycles. The predicted molar refractivity (Wildman–Crippen MR) is 76.7 cm³/mol. The molecule has 0 heterocycles. The van der Waals surface area contributed by atoms with Crippen molar-refractivity contribution in [3.63, 3.8) is 0 Å². The Bertz CT molecular complexity index is 528. The molecule has 4 heteroatoms. The molecule has 0 saturated heterocycles. The van der Waals surface area contributed by atoms with Gasteiger partial charge in [0.25, 0.3) is 0 Å². The average Bonchev–Trinajstić information content (AvgIpc) is 2.49. The zero-order valence-electron chi connectivity index (χ0n) is 11.6. The van der Waals surface area contributed by atoms with Gasteiger partial charge in [-0.1, -0.05) is 49.9 Å². The second-order valence-electron chi connectivity index (χ2n) is 5.68. The van der Waals surface area contributed by atoms with Crippen LogP contribution in [-0.4, -0.2) is 5.11 Å². The van der Waals surface area contributed by atoms with E-state index < -0.39 is 17.3 Å². The van der Waals surface area contributed by atoms with Crippen molar-refractivity contribution < 1.29 is 9.50 Å². The molecule has 20 heavy (non-hydrogen) atoms. The molecule has 1 aromatic rings. The van der Waals surface area contributed by atoms with Crippen LogP contribution in [0.25, 0.3) is 0 Å². The number of aliphatic hydroxyl groups is 1. The molecule has 0 aliphatic heterocycles. The van der Waals surface area contributed by atoms with Gasteiger partial charge in [-0.15, -0.1) is 0 Å². The molecule has 1 N–H and O–H groups in total. The Balaban J connectivity index is 2.36. The summed E-state index contributed by atoms with van der Waals surface area (Å²) in [5, 5.41) is 20.2. The first-order valence-corrected chi connectivity index (χ1v) is 7.45. The standard InChI is InChI=1S/C16H19ClFNO/c1-2-11-5-4-8-16(9-11,10-19)15(20)12-6-3-7-13(17)14(12)18/h3,6-7,11,15,20H,2,4-5,8-9H2,1H3. The van der Waals surface area contributed by atoms with E-state index in [0.717, 1.165) is 19.3 Å². The third kappa shape index (κ3) is 2.68. The van der Waals surface area contributed by atoms with Crippen molar-refractivity contribution >= 4 is 11.6 Å². The molecule has 108 valence electrons. The molecule has 0 amide bonds. The fourth-order valence-electron chi connectivity index (χ4n) is 3.21. The van der Waals surface area contributed by atoms with Crippen LogP contribution in [0.2, 0.25) is 5.02 Å². The molecule has 1 saturated carbocycles. The largest absolute Gasteiger partial charge is 0.387 e. The number of nitrogens with zero attached hydrogens (tertiary/aromatic N) is 1. The molecule has 0 spiro atoms. The highest BCUT2D eigenvalue weighted by atomic mass is 35.5. The van der Waals surface area contributed by atoms with Crippen LogP contribution >= 0.6 is 11.6 Å². The fraction of sp³-hybridized carbons (Fsp3) is 0.562. The molecular formula is C16H19ClFNO. The highest BCUT2D eigenvalue weighted by Gasteiger charge is 2.43. The van der Waals surface area contributed by atoms with Gasteiger partial charge in [0.1, 0.15) is 11.9 Å². The van der Waals surface area contributed by atoms with E-state index in [-0.39, 0.29) is 10.6 Å². The van der Waals surface area contributed by atoms with Gasteiger partial charge in [-0.05, 0) is 24.8 Å². The van der Waals surface area contributed by atoms with Gasteiger partial charge in [0, 0.05) is 5.56 Å². The van der Waals surface area contributed by atoms with Crippen molar-refractivity contribution in [2.75, 3.05) is 0 Å². The molecule has 1 aliphatic rings. The SMILES string of the molecule is CCC1CCCC(C#N)(C(O)c2cccc(Cl)c2F)C1. The Morgan fingerprint density at radius 1 is 1.60 bits per heavy atom. The van der Waals surface area contributed by atoms with E-state index in [2.05, 4.69) is 13.0 Å². The third-order valence-electron chi connectivity index (χ3n) is 4.49. The lowest BCUT2D eigenvalue weighted by molar-refractivity contribution is 0.0162. The number of hydrogen-bond donors (Lipinski definition) is 1. The van der Waals surface area contributed by atoms with Crippen LogP contribution in [0.1, 0.15) is 50.7 Å². The molecule has 1 aromatic carbocycles. The van der Waals surface area contributed by atoms with E-state index in [0.29, 0.717) is 18.8 Å². The van der Waals surface area contributed by atoms with Crippen LogP contribution in [0.4, 0.5) is 4.39 Å². The molecule has 3 unspecified atom stereocenters. The maximum absolute atomic E-state index is 14.1. The van der Waals surface area contributed by atoms with Crippen molar-refractivity contribution in [3.8, 4) is 6.07 Å². The minimum absolute atomic E-state index is 0.0162. The summed E-state index contributed by atoms with van der Waals surface area (Å²) in [7, 11) is 0. The first-order valence-electron chi connectivity index (χ1n) is 7.07. The minimum Gasteiger partial charge on any atom is -0.387 e. The molecule has 0 radical (unpaired) electrons. The zero-order valence-corrected chi connectivity index (χ0v) is 12.3. The zero-order chi connectivity index (χ0) is 14.8. The lowest BCUT2D eigenvalue weighted by Gasteiger charge is -2.39. The molecule has 0 bridgehead atoms. The maximum Gasteiger partial charge on any atom is 0.147 e.